The molecule has 0 aromatic heterocycles. The molecule has 0 bridgehead atoms. The van der Waals surface area contributed by atoms with Crippen molar-refractivity contribution in [3.05, 3.63) is 24.0 Å². The summed E-state index contributed by atoms with van der Waals surface area (Å²) in [6, 6.07) is 3.53. The lowest BCUT2D eigenvalue weighted by Crippen LogP contribution is -2.26. The largest absolute Gasteiger partial charge is 0.399 e. The normalized spacial score (nSPS) is 11.6. The van der Waals surface area contributed by atoms with Gasteiger partial charge >= 0.3 is 0 Å². The fourth-order valence-corrected chi connectivity index (χ4v) is 2.80. The van der Waals surface area contributed by atoms with Crippen LogP contribution in [0.2, 0.25) is 0 Å². The molecule has 0 spiro atoms. The first-order chi connectivity index (χ1) is 7.97. The summed E-state index contributed by atoms with van der Waals surface area (Å²) in [5.74, 6) is 0.0228. The standard InChI is InChI=1S/C10H15FN2O2S2/c1-16-6-2-5-13-17(14,15)10-4-3-8(12)7-9(10)11/h3-4,7,13H,2,5-6,12H2,1H3. The van der Waals surface area contributed by atoms with Crippen LogP contribution in [0.25, 0.3) is 0 Å². The Balaban J connectivity index is 2.76. The Labute approximate surface area is 105 Å². The third-order valence-electron chi connectivity index (χ3n) is 2.06. The number of halogens is 1. The summed E-state index contributed by atoms with van der Waals surface area (Å²) in [6.45, 7) is 0.299. The monoisotopic (exact) mass is 278 g/mol. The van der Waals surface area contributed by atoms with E-state index in [0.29, 0.717) is 13.0 Å². The first-order valence-corrected chi connectivity index (χ1v) is 7.88. The Hall–Kier alpha value is -0.790. The molecule has 0 unspecified atom stereocenters. The van der Waals surface area contributed by atoms with Crippen molar-refractivity contribution in [2.45, 2.75) is 11.3 Å². The van der Waals surface area contributed by atoms with Gasteiger partial charge in [0.2, 0.25) is 10.0 Å². The minimum atomic E-state index is -3.78. The second-order valence-electron chi connectivity index (χ2n) is 3.43. The first kappa shape index (κ1) is 14.3. The minimum Gasteiger partial charge on any atom is -0.399 e. The highest BCUT2D eigenvalue weighted by Gasteiger charge is 2.18. The topological polar surface area (TPSA) is 72.2 Å². The minimum absolute atomic E-state index is 0.198. The molecule has 0 saturated carbocycles. The van der Waals surface area contributed by atoms with Crippen LogP contribution in [0.3, 0.4) is 0 Å². The fraction of sp³-hybridized carbons (Fsp3) is 0.400. The van der Waals surface area contributed by atoms with Gasteiger partial charge in [-0.25, -0.2) is 17.5 Å². The number of rotatable bonds is 6. The van der Waals surface area contributed by atoms with Gasteiger partial charge in [0.25, 0.3) is 0 Å². The number of nitrogens with one attached hydrogen (secondary N) is 1. The van der Waals surface area contributed by atoms with Crippen LogP contribution in [0, 0.1) is 5.82 Å². The maximum absolute atomic E-state index is 13.4. The highest BCUT2D eigenvalue weighted by Crippen LogP contribution is 2.16. The average molecular weight is 278 g/mol. The Morgan fingerprint density at radius 1 is 1.47 bits per heavy atom. The third-order valence-corrected chi connectivity index (χ3v) is 4.25. The maximum Gasteiger partial charge on any atom is 0.243 e. The summed E-state index contributed by atoms with van der Waals surface area (Å²) in [6.07, 6.45) is 2.64. The number of thioether (sulfide) groups is 1. The summed E-state index contributed by atoms with van der Waals surface area (Å²) in [4.78, 5) is -0.365. The van der Waals surface area contributed by atoms with Gasteiger partial charge in [-0.3, -0.25) is 0 Å². The molecule has 1 aromatic carbocycles. The van der Waals surface area contributed by atoms with E-state index in [1.165, 1.54) is 12.1 Å². The predicted molar refractivity (Wildman–Crippen MR) is 69.0 cm³/mol. The SMILES string of the molecule is CSCCCNS(=O)(=O)c1ccc(N)cc1F. The molecule has 0 atom stereocenters. The van der Waals surface area contributed by atoms with Crippen LogP contribution in [-0.2, 0) is 10.0 Å². The molecule has 0 aliphatic heterocycles. The molecule has 0 heterocycles. The molecule has 17 heavy (non-hydrogen) atoms. The molecule has 4 nitrogen and oxygen atoms in total. The van der Waals surface area contributed by atoms with E-state index in [4.69, 9.17) is 5.73 Å². The predicted octanol–water partition coefficient (Wildman–Crippen LogP) is 1.44. The van der Waals surface area contributed by atoms with Crippen LogP contribution < -0.4 is 10.5 Å². The van der Waals surface area contributed by atoms with E-state index >= 15 is 0 Å². The van der Waals surface area contributed by atoms with E-state index in [9.17, 15) is 12.8 Å². The first-order valence-electron chi connectivity index (χ1n) is 5.01. The molecule has 3 N–H and O–H groups in total. The highest BCUT2D eigenvalue weighted by atomic mass is 32.2. The van der Waals surface area contributed by atoms with Gasteiger partial charge in [-0.1, -0.05) is 0 Å². The number of sulfonamides is 1. The second kappa shape index (κ2) is 6.23. The fourth-order valence-electron chi connectivity index (χ4n) is 1.24. The van der Waals surface area contributed by atoms with Crippen LogP contribution in [0.5, 0.6) is 0 Å². The maximum atomic E-state index is 13.4. The van der Waals surface area contributed by atoms with Crippen LogP contribution >= 0.6 is 11.8 Å². The average Bonchev–Trinajstić information content (AvgIpc) is 2.24. The molecule has 1 rings (SSSR count). The number of anilines is 1. The van der Waals surface area contributed by atoms with Crippen LogP contribution in [0.15, 0.2) is 23.1 Å². The number of hydrogen-bond acceptors (Lipinski definition) is 4. The van der Waals surface area contributed by atoms with Crippen molar-refractivity contribution < 1.29 is 12.8 Å². The van der Waals surface area contributed by atoms with E-state index in [-0.39, 0.29) is 10.6 Å². The summed E-state index contributed by atoms with van der Waals surface area (Å²) < 4.78 is 39.2. The molecule has 0 aliphatic rings. The van der Waals surface area contributed by atoms with Crippen molar-refractivity contribution in [2.24, 2.45) is 0 Å². The van der Waals surface area contributed by atoms with E-state index in [2.05, 4.69) is 4.72 Å². The third kappa shape index (κ3) is 4.18. The lowest BCUT2D eigenvalue weighted by atomic mass is 10.3. The number of nitrogen functional groups attached to an aromatic ring is 1. The molecular formula is C10H15FN2O2S2. The molecule has 96 valence electrons. The Morgan fingerprint density at radius 3 is 2.76 bits per heavy atom. The zero-order valence-electron chi connectivity index (χ0n) is 9.44. The zero-order chi connectivity index (χ0) is 12.9. The highest BCUT2D eigenvalue weighted by molar-refractivity contribution is 7.98. The van der Waals surface area contributed by atoms with E-state index < -0.39 is 15.8 Å². The lowest BCUT2D eigenvalue weighted by molar-refractivity contribution is 0.557. The van der Waals surface area contributed by atoms with E-state index in [1.807, 2.05) is 6.26 Å². The number of hydrogen-bond donors (Lipinski definition) is 2. The molecule has 0 fully saturated rings. The van der Waals surface area contributed by atoms with Crippen molar-refractivity contribution in [1.82, 2.24) is 4.72 Å². The van der Waals surface area contributed by atoms with Crippen molar-refractivity contribution in [2.75, 3.05) is 24.3 Å². The van der Waals surface area contributed by atoms with Crippen molar-refractivity contribution in [3.8, 4) is 0 Å². The van der Waals surface area contributed by atoms with Gasteiger partial charge < -0.3 is 5.73 Å². The van der Waals surface area contributed by atoms with Crippen molar-refractivity contribution in [3.63, 3.8) is 0 Å². The lowest BCUT2D eigenvalue weighted by Gasteiger charge is -2.07. The quantitative estimate of drug-likeness (QED) is 0.610. The molecule has 0 saturated heterocycles. The number of benzene rings is 1. The summed E-state index contributed by atoms with van der Waals surface area (Å²) in [5.41, 5.74) is 5.55. The van der Waals surface area contributed by atoms with Crippen LogP contribution in [-0.4, -0.2) is 27.0 Å². The van der Waals surface area contributed by atoms with Crippen LogP contribution in [0.4, 0.5) is 10.1 Å². The molecule has 0 aliphatic carbocycles. The molecule has 1 aromatic rings. The van der Waals surface area contributed by atoms with Gasteiger partial charge in [-0.15, -0.1) is 0 Å². The van der Waals surface area contributed by atoms with Gasteiger partial charge in [0.1, 0.15) is 10.7 Å². The molecular weight excluding hydrogens is 263 g/mol. The Kier molecular flexibility index (Phi) is 5.23. The van der Waals surface area contributed by atoms with Gasteiger partial charge in [0, 0.05) is 12.2 Å². The van der Waals surface area contributed by atoms with Crippen molar-refractivity contribution in [1.29, 1.82) is 0 Å². The molecule has 0 radical (unpaired) electrons. The summed E-state index contributed by atoms with van der Waals surface area (Å²) >= 11 is 1.63. The Bertz CT molecular complexity index is 477. The summed E-state index contributed by atoms with van der Waals surface area (Å²) in [7, 11) is -3.78. The summed E-state index contributed by atoms with van der Waals surface area (Å²) in [5, 5.41) is 0. The number of nitrogens with two attached hydrogens (primary N) is 1. The van der Waals surface area contributed by atoms with E-state index in [0.717, 1.165) is 11.8 Å². The second-order valence-corrected chi connectivity index (χ2v) is 6.15. The van der Waals surface area contributed by atoms with E-state index in [1.54, 1.807) is 11.8 Å². The van der Waals surface area contributed by atoms with Crippen molar-refractivity contribution >= 4 is 27.5 Å². The zero-order valence-corrected chi connectivity index (χ0v) is 11.1. The molecule has 7 heteroatoms. The van der Waals surface area contributed by atoms with Crippen LogP contribution in [0.1, 0.15) is 6.42 Å². The van der Waals surface area contributed by atoms with Gasteiger partial charge in [-0.2, -0.15) is 11.8 Å². The molecule has 0 amide bonds. The van der Waals surface area contributed by atoms with Gasteiger partial charge in [-0.05, 0) is 36.6 Å². The van der Waals surface area contributed by atoms with Gasteiger partial charge in [0.05, 0.1) is 0 Å². The Morgan fingerprint density at radius 2 is 2.18 bits per heavy atom. The smallest absolute Gasteiger partial charge is 0.243 e. The van der Waals surface area contributed by atoms with Gasteiger partial charge in [0.15, 0.2) is 0 Å².